The summed E-state index contributed by atoms with van der Waals surface area (Å²) >= 11 is 0. The standard InChI is InChI=1S/C15H24N2O3S/c1-11-7-14(16-3)8-12(2)15(11)21(19,20)17-6-4-5-13(9-17)10-18/h7-8,13,16,18H,4-6,9-10H2,1-3H3. The zero-order valence-corrected chi connectivity index (χ0v) is 13.7. The van der Waals surface area contributed by atoms with Crippen molar-refractivity contribution in [1.82, 2.24) is 4.31 Å². The van der Waals surface area contributed by atoms with E-state index in [0.29, 0.717) is 18.0 Å². The summed E-state index contributed by atoms with van der Waals surface area (Å²) in [5.41, 5.74) is 2.42. The van der Waals surface area contributed by atoms with Crippen molar-refractivity contribution in [3.8, 4) is 0 Å². The second-order valence-electron chi connectivity index (χ2n) is 5.74. The number of aliphatic hydroxyl groups is 1. The van der Waals surface area contributed by atoms with Gasteiger partial charge in [-0.2, -0.15) is 4.31 Å². The van der Waals surface area contributed by atoms with E-state index in [-0.39, 0.29) is 12.5 Å². The van der Waals surface area contributed by atoms with Crippen LogP contribution in [0.25, 0.3) is 0 Å². The van der Waals surface area contributed by atoms with Crippen LogP contribution in [0.5, 0.6) is 0 Å². The number of piperidine rings is 1. The Labute approximate surface area is 127 Å². The number of hydrogen-bond acceptors (Lipinski definition) is 4. The highest BCUT2D eigenvalue weighted by Gasteiger charge is 2.32. The fourth-order valence-electron chi connectivity index (χ4n) is 3.02. The van der Waals surface area contributed by atoms with Crippen molar-refractivity contribution in [1.29, 1.82) is 0 Å². The van der Waals surface area contributed by atoms with E-state index in [0.717, 1.165) is 29.7 Å². The Hall–Kier alpha value is -1.11. The Bertz CT molecular complexity index is 590. The van der Waals surface area contributed by atoms with E-state index in [4.69, 9.17) is 0 Å². The quantitative estimate of drug-likeness (QED) is 0.888. The summed E-state index contributed by atoms with van der Waals surface area (Å²) in [6, 6.07) is 3.71. The second-order valence-corrected chi connectivity index (χ2v) is 7.62. The molecule has 1 heterocycles. The van der Waals surface area contributed by atoms with Gasteiger partial charge in [-0.05, 0) is 55.9 Å². The van der Waals surface area contributed by atoms with Gasteiger partial charge >= 0.3 is 0 Å². The number of nitrogens with one attached hydrogen (secondary N) is 1. The lowest BCUT2D eigenvalue weighted by molar-refractivity contribution is 0.165. The fourth-order valence-corrected chi connectivity index (χ4v) is 4.99. The van der Waals surface area contributed by atoms with Gasteiger partial charge in [0.2, 0.25) is 10.0 Å². The molecule has 0 spiro atoms. The van der Waals surface area contributed by atoms with E-state index in [1.807, 2.05) is 33.0 Å². The van der Waals surface area contributed by atoms with E-state index >= 15 is 0 Å². The molecule has 6 heteroatoms. The van der Waals surface area contributed by atoms with Gasteiger partial charge in [-0.15, -0.1) is 0 Å². The monoisotopic (exact) mass is 312 g/mol. The first-order valence-electron chi connectivity index (χ1n) is 7.30. The van der Waals surface area contributed by atoms with E-state index in [1.54, 1.807) is 0 Å². The van der Waals surface area contributed by atoms with Crippen LogP contribution < -0.4 is 5.32 Å². The molecule has 0 radical (unpaired) electrons. The third-order valence-corrected chi connectivity index (χ3v) is 6.26. The van der Waals surface area contributed by atoms with Gasteiger partial charge in [-0.25, -0.2) is 8.42 Å². The Morgan fingerprint density at radius 2 is 1.95 bits per heavy atom. The number of aliphatic hydroxyl groups excluding tert-OH is 1. The van der Waals surface area contributed by atoms with Gasteiger partial charge in [0.25, 0.3) is 0 Å². The smallest absolute Gasteiger partial charge is 0.243 e. The topological polar surface area (TPSA) is 69.6 Å². The summed E-state index contributed by atoms with van der Waals surface area (Å²) < 4.78 is 27.3. The molecule has 0 bridgehead atoms. The molecule has 118 valence electrons. The summed E-state index contributed by atoms with van der Waals surface area (Å²) in [5.74, 6) is 0.0470. The van der Waals surface area contributed by atoms with E-state index in [9.17, 15) is 13.5 Å². The molecule has 0 amide bonds. The summed E-state index contributed by atoms with van der Waals surface area (Å²) in [4.78, 5) is 0.403. The zero-order chi connectivity index (χ0) is 15.6. The second kappa shape index (κ2) is 6.34. The van der Waals surface area contributed by atoms with Gasteiger partial charge < -0.3 is 10.4 Å². The van der Waals surface area contributed by atoms with Crippen LogP contribution in [0, 0.1) is 19.8 Å². The van der Waals surface area contributed by atoms with Crippen LogP contribution in [0.2, 0.25) is 0 Å². The molecule has 5 nitrogen and oxygen atoms in total. The van der Waals surface area contributed by atoms with Crippen LogP contribution >= 0.6 is 0 Å². The van der Waals surface area contributed by atoms with Crippen molar-refractivity contribution >= 4 is 15.7 Å². The molecule has 1 aromatic carbocycles. The minimum absolute atomic E-state index is 0.0443. The van der Waals surface area contributed by atoms with Gasteiger partial charge in [0.1, 0.15) is 0 Å². The molecule has 1 atom stereocenters. The molecule has 2 N–H and O–H groups in total. The first-order chi connectivity index (χ1) is 9.90. The molecule has 2 rings (SSSR count). The highest BCUT2D eigenvalue weighted by atomic mass is 32.2. The van der Waals surface area contributed by atoms with E-state index < -0.39 is 10.0 Å². The predicted molar refractivity (Wildman–Crippen MR) is 84.0 cm³/mol. The van der Waals surface area contributed by atoms with Crippen LogP contribution in [0.15, 0.2) is 17.0 Å². The van der Waals surface area contributed by atoms with Gasteiger partial charge in [0.05, 0.1) is 4.90 Å². The van der Waals surface area contributed by atoms with Crippen molar-refractivity contribution in [3.63, 3.8) is 0 Å². The maximum Gasteiger partial charge on any atom is 0.243 e. The van der Waals surface area contributed by atoms with Crippen LogP contribution in [-0.4, -0.2) is 44.6 Å². The van der Waals surface area contributed by atoms with Crippen LogP contribution in [-0.2, 0) is 10.0 Å². The molecule has 1 aliphatic heterocycles. The molecule has 1 fully saturated rings. The minimum Gasteiger partial charge on any atom is -0.396 e. The number of anilines is 1. The molecule has 1 aliphatic rings. The maximum absolute atomic E-state index is 12.9. The fraction of sp³-hybridized carbons (Fsp3) is 0.600. The van der Waals surface area contributed by atoms with Crippen LogP contribution in [0.3, 0.4) is 0 Å². The highest BCUT2D eigenvalue weighted by Crippen LogP contribution is 2.29. The summed E-state index contributed by atoms with van der Waals surface area (Å²) in [7, 11) is -1.68. The molecule has 0 aromatic heterocycles. The summed E-state index contributed by atoms with van der Waals surface area (Å²) in [5, 5.41) is 12.3. The third-order valence-electron chi connectivity index (χ3n) is 4.09. The molecule has 0 saturated carbocycles. The molecular formula is C15H24N2O3S. The highest BCUT2D eigenvalue weighted by molar-refractivity contribution is 7.89. The van der Waals surface area contributed by atoms with Crippen LogP contribution in [0.1, 0.15) is 24.0 Å². The van der Waals surface area contributed by atoms with Gasteiger partial charge in [0.15, 0.2) is 0 Å². The van der Waals surface area contributed by atoms with Crippen molar-refractivity contribution in [2.45, 2.75) is 31.6 Å². The lowest BCUT2D eigenvalue weighted by Crippen LogP contribution is -2.41. The zero-order valence-electron chi connectivity index (χ0n) is 12.9. The first-order valence-corrected chi connectivity index (χ1v) is 8.74. The SMILES string of the molecule is CNc1cc(C)c(S(=O)(=O)N2CCCC(CO)C2)c(C)c1. The lowest BCUT2D eigenvalue weighted by atomic mass is 10.0. The summed E-state index contributed by atoms with van der Waals surface area (Å²) in [6.45, 7) is 4.64. The van der Waals surface area contributed by atoms with E-state index in [1.165, 1.54) is 4.31 Å². The maximum atomic E-state index is 12.9. The van der Waals surface area contributed by atoms with Gasteiger partial charge in [-0.1, -0.05) is 0 Å². The van der Waals surface area contributed by atoms with Crippen molar-refractivity contribution in [2.24, 2.45) is 5.92 Å². The van der Waals surface area contributed by atoms with Gasteiger partial charge in [0, 0.05) is 32.4 Å². The predicted octanol–water partition coefficient (Wildman–Crippen LogP) is 1.74. The number of nitrogens with zero attached hydrogens (tertiary/aromatic N) is 1. The molecule has 21 heavy (non-hydrogen) atoms. The molecular weight excluding hydrogens is 288 g/mol. The number of aryl methyl sites for hydroxylation is 2. The Morgan fingerprint density at radius 1 is 1.33 bits per heavy atom. The Kier molecular flexibility index (Phi) is 4.91. The average Bonchev–Trinajstić information content (AvgIpc) is 2.46. The molecule has 1 unspecified atom stereocenters. The Balaban J connectivity index is 2.40. The average molecular weight is 312 g/mol. The summed E-state index contributed by atoms with van der Waals surface area (Å²) in [6.07, 6.45) is 1.69. The van der Waals surface area contributed by atoms with Gasteiger partial charge in [-0.3, -0.25) is 0 Å². The molecule has 1 aromatic rings. The minimum atomic E-state index is -3.50. The van der Waals surface area contributed by atoms with Crippen molar-refractivity contribution in [3.05, 3.63) is 23.3 Å². The third kappa shape index (κ3) is 3.22. The molecule has 1 saturated heterocycles. The first kappa shape index (κ1) is 16.3. The van der Waals surface area contributed by atoms with Crippen molar-refractivity contribution in [2.75, 3.05) is 32.1 Å². The largest absolute Gasteiger partial charge is 0.396 e. The number of hydrogen-bond donors (Lipinski definition) is 2. The normalized spacial score (nSPS) is 20.5. The molecule has 0 aliphatic carbocycles. The number of rotatable bonds is 4. The van der Waals surface area contributed by atoms with Crippen molar-refractivity contribution < 1.29 is 13.5 Å². The van der Waals surface area contributed by atoms with E-state index in [2.05, 4.69) is 5.32 Å². The number of benzene rings is 1. The lowest BCUT2D eigenvalue weighted by Gasteiger charge is -2.31. The number of sulfonamides is 1. The Morgan fingerprint density at radius 3 is 2.48 bits per heavy atom. The van der Waals surface area contributed by atoms with Crippen LogP contribution in [0.4, 0.5) is 5.69 Å².